The maximum absolute atomic E-state index is 14.0. The molecule has 3 aliphatic rings. The van der Waals surface area contributed by atoms with Gasteiger partial charge in [0.1, 0.15) is 0 Å². The van der Waals surface area contributed by atoms with Gasteiger partial charge in [-0.3, -0.25) is 9.59 Å². The summed E-state index contributed by atoms with van der Waals surface area (Å²) >= 11 is 5.91. The summed E-state index contributed by atoms with van der Waals surface area (Å²) in [5.74, 6) is -1.12. The number of anilines is 1. The number of halogens is 1. The van der Waals surface area contributed by atoms with Gasteiger partial charge >= 0.3 is 0 Å². The Morgan fingerprint density at radius 2 is 1.81 bits per heavy atom. The molecular weight excluding hydrogens is 478 g/mol. The minimum Gasteiger partial charge on any atom is -0.478 e. The molecule has 6 rings (SSSR count). The molecule has 2 aromatic carbocycles. The molecule has 182 valence electrons. The highest BCUT2D eigenvalue weighted by atomic mass is 35.5. The molecule has 3 aromatic rings. The van der Waals surface area contributed by atoms with Crippen LogP contribution < -0.4 is 9.64 Å². The van der Waals surface area contributed by atoms with Crippen LogP contribution in [-0.4, -0.2) is 34.6 Å². The number of amides is 2. The SMILES string of the molecule is CCC12CC[C@](CCOc3ccc(Cl)cn3)(O1)[C@@H]1C(=O)N(c3ccc(C#N)c4ccccc34)C(=O)[C@@H]12. The lowest BCUT2D eigenvalue weighted by Gasteiger charge is -2.31. The Morgan fingerprint density at radius 1 is 1.08 bits per heavy atom. The number of hydrogen-bond acceptors (Lipinski definition) is 6. The Balaban J connectivity index is 1.35. The topological polar surface area (TPSA) is 92.5 Å². The summed E-state index contributed by atoms with van der Waals surface area (Å²) in [6.45, 7) is 2.32. The molecule has 3 fully saturated rings. The average Bonchev–Trinajstić information content (AvgIpc) is 3.51. The second kappa shape index (κ2) is 8.29. The van der Waals surface area contributed by atoms with Crippen LogP contribution in [-0.2, 0) is 14.3 Å². The number of pyridine rings is 1. The normalized spacial score (nSPS) is 28.5. The van der Waals surface area contributed by atoms with Crippen molar-refractivity contribution in [3.63, 3.8) is 0 Å². The Kier molecular flexibility index (Phi) is 5.29. The third-order valence-corrected chi connectivity index (χ3v) is 8.38. The number of rotatable bonds is 6. The Labute approximate surface area is 213 Å². The van der Waals surface area contributed by atoms with Gasteiger partial charge in [0.2, 0.25) is 17.7 Å². The summed E-state index contributed by atoms with van der Waals surface area (Å²) < 4.78 is 12.5. The standard InChI is InChI=1S/C28H24ClN3O4/c1-2-27-11-12-28(36-27,13-14-35-22-10-8-18(29)16-31-22)24-23(27)25(33)32(26(24)34)21-9-7-17(15-30)19-5-3-4-6-20(19)21/h3-10,16,23-24H,2,11-14H2,1H3/t23-,24+,27?,28-/m1/s1. The summed E-state index contributed by atoms with van der Waals surface area (Å²) in [5, 5.41) is 11.5. The minimum absolute atomic E-state index is 0.219. The number of nitriles is 1. The van der Waals surface area contributed by atoms with E-state index in [0.717, 1.165) is 11.8 Å². The lowest BCUT2D eigenvalue weighted by Crippen LogP contribution is -2.43. The van der Waals surface area contributed by atoms with Crippen LogP contribution in [0.5, 0.6) is 5.88 Å². The molecule has 7 nitrogen and oxygen atoms in total. The van der Waals surface area contributed by atoms with E-state index in [0.29, 0.717) is 53.4 Å². The monoisotopic (exact) mass is 501 g/mol. The van der Waals surface area contributed by atoms with Crippen LogP contribution >= 0.6 is 11.6 Å². The highest BCUT2D eigenvalue weighted by Crippen LogP contribution is 2.63. The average molecular weight is 502 g/mol. The van der Waals surface area contributed by atoms with Crippen molar-refractivity contribution < 1.29 is 19.1 Å². The van der Waals surface area contributed by atoms with E-state index in [9.17, 15) is 14.9 Å². The summed E-state index contributed by atoms with van der Waals surface area (Å²) in [5.41, 5.74) is -0.396. The van der Waals surface area contributed by atoms with Gasteiger partial charge in [-0.25, -0.2) is 9.88 Å². The van der Waals surface area contributed by atoms with Gasteiger partial charge in [0.25, 0.3) is 0 Å². The van der Waals surface area contributed by atoms with Crippen LogP contribution in [0.1, 0.15) is 38.2 Å². The molecule has 0 radical (unpaired) electrons. The van der Waals surface area contributed by atoms with E-state index in [1.165, 1.54) is 11.1 Å². The van der Waals surface area contributed by atoms with Gasteiger partial charge in [-0.05, 0) is 37.5 Å². The second-order valence-electron chi connectivity index (χ2n) is 9.76. The molecule has 36 heavy (non-hydrogen) atoms. The molecule has 0 N–H and O–H groups in total. The smallest absolute Gasteiger partial charge is 0.240 e. The number of carbonyl (C=O) groups excluding carboxylic acids is 2. The molecule has 8 heteroatoms. The van der Waals surface area contributed by atoms with E-state index in [1.54, 1.807) is 24.3 Å². The molecule has 1 unspecified atom stereocenters. The predicted molar refractivity (Wildman–Crippen MR) is 134 cm³/mol. The number of fused-ring (bicyclic) bond motifs is 6. The fourth-order valence-corrected chi connectivity index (χ4v) is 6.60. The molecular formula is C28H24ClN3O4. The summed E-state index contributed by atoms with van der Waals surface area (Å²) in [6.07, 6.45) is 4.07. The number of ether oxygens (including phenoxy) is 2. The van der Waals surface area contributed by atoms with Gasteiger partial charge in [0.05, 0.1) is 52.0 Å². The number of imide groups is 1. The van der Waals surface area contributed by atoms with Crippen molar-refractivity contribution >= 4 is 39.9 Å². The minimum atomic E-state index is -0.767. The fourth-order valence-electron chi connectivity index (χ4n) is 6.49. The van der Waals surface area contributed by atoms with Gasteiger partial charge in [-0.15, -0.1) is 0 Å². The fraction of sp³-hybridized carbons (Fsp3) is 0.357. The van der Waals surface area contributed by atoms with E-state index < -0.39 is 23.0 Å². The first-order chi connectivity index (χ1) is 17.4. The second-order valence-corrected chi connectivity index (χ2v) is 10.2. The number of aromatic nitrogens is 1. The van der Waals surface area contributed by atoms with Crippen LogP contribution in [0, 0.1) is 23.2 Å². The van der Waals surface area contributed by atoms with Crippen molar-refractivity contribution in [1.82, 2.24) is 4.98 Å². The van der Waals surface area contributed by atoms with Crippen molar-refractivity contribution in [3.8, 4) is 11.9 Å². The highest BCUT2D eigenvalue weighted by Gasteiger charge is 2.74. The highest BCUT2D eigenvalue weighted by molar-refractivity contribution is 6.30. The summed E-state index contributed by atoms with van der Waals surface area (Å²) in [6, 6.07) is 16.4. The third kappa shape index (κ3) is 3.18. The van der Waals surface area contributed by atoms with Crippen molar-refractivity contribution in [2.75, 3.05) is 11.5 Å². The Bertz CT molecular complexity index is 1430. The van der Waals surface area contributed by atoms with Crippen LogP contribution in [0.15, 0.2) is 54.7 Å². The number of benzene rings is 2. The largest absolute Gasteiger partial charge is 0.478 e. The number of nitrogens with zero attached hydrogens (tertiary/aromatic N) is 3. The van der Waals surface area contributed by atoms with E-state index >= 15 is 0 Å². The Morgan fingerprint density at radius 3 is 2.50 bits per heavy atom. The molecule has 3 saturated heterocycles. The van der Waals surface area contributed by atoms with Gasteiger partial charge in [0, 0.05) is 29.5 Å². The zero-order chi connectivity index (χ0) is 25.1. The van der Waals surface area contributed by atoms with Crippen LogP contribution in [0.25, 0.3) is 10.8 Å². The molecule has 4 heterocycles. The molecule has 1 aromatic heterocycles. The van der Waals surface area contributed by atoms with Gasteiger partial charge in [-0.2, -0.15) is 5.26 Å². The predicted octanol–water partition coefficient (Wildman–Crippen LogP) is 5.05. The molecule has 3 aliphatic heterocycles. The molecule has 4 atom stereocenters. The molecule has 2 amide bonds. The van der Waals surface area contributed by atoms with Gasteiger partial charge < -0.3 is 9.47 Å². The Hall–Kier alpha value is -3.47. The van der Waals surface area contributed by atoms with Gasteiger partial charge in [-0.1, -0.05) is 42.8 Å². The first-order valence-electron chi connectivity index (χ1n) is 12.2. The lowest BCUT2D eigenvalue weighted by atomic mass is 9.66. The molecule has 0 spiro atoms. The van der Waals surface area contributed by atoms with Crippen LogP contribution in [0.4, 0.5) is 5.69 Å². The zero-order valence-electron chi connectivity index (χ0n) is 19.7. The van der Waals surface area contributed by atoms with Crippen LogP contribution in [0.2, 0.25) is 5.02 Å². The van der Waals surface area contributed by atoms with E-state index in [1.807, 2.05) is 31.2 Å². The number of carbonyl (C=O) groups is 2. The molecule has 0 saturated carbocycles. The van der Waals surface area contributed by atoms with Crippen molar-refractivity contribution in [3.05, 3.63) is 65.3 Å². The maximum Gasteiger partial charge on any atom is 0.240 e. The quantitative estimate of drug-likeness (QED) is 0.439. The van der Waals surface area contributed by atoms with E-state index in [4.69, 9.17) is 21.1 Å². The van der Waals surface area contributed by atoms with Crippen LogP contribution in [0.3, 0.4) is 0 Å². The van der Waals surface area contributed by atoms with Crippen molar-refractivity contribution in [1.29, 1.82) is 5.26 Å². The zero-order valence-corrected chi connectivity index (χ0v) is 20.5. The lowest BCUT2D eigenvalue weighted by molar-refractivity contribution is -0.132. The third-order valence-electron chi connectivity index (χ3n) is 8.15. The number of hydrogen-bond donors (Lipinski definition) is 0. The van der Waals surface area contributed by atoms with E-state index in [2.05, 4.69) is 11.1 Å². The van der Waals surface area contributed by atoms with Crippen molar-refractivity contribution in [2.45, 2.75) is 43.8 Å². The van der Waals surface area contributed by atoms with Crippen molar-refractivity contribution in [2.24, 2.45) is 11.8 Å². The summed E-state index contributed by atoms with van der Waals surface area (Å²) in [7, 11) is 0. The van der Waals surface area contributed by atoms with E-state index in [-0.39, 0.29) is 11.8 Å². The first kappa shape index (κ1) is 23.0. The maximum atomic E-state index is 14.0. The summed E-state index contributed by atoms with van der Waals surface area (Å²) in [4.78, 5) is 33.5. The first-order valence-corrected chi connectivity index (χ1v) is 12.5. The molecule has 0 aliphatic carbocycles. The molecule has 2 bridgehead atoms. The van der Waals surface area contributed by atoms with Gasteiger partial charge in [0.15, 0.2) is 0 Å².